The maximum Gasteiger partial charge on any atom is 0.238 e. The third-order valence-corrected chi connectivity index (χ3v) is 11.8. The molecule has 0 saturated carbocycles. The minimum atomic E-state index is 0.543. The summed E-state index contributed by atoms with van der Waals surface area (Å²) < 4.78 is 4.78. The summed E-state index contributed by atoms with van der Waals surface area (Å²) in [6.45, 7) is 0. The second kappa shape index (κ2) is 13.7. The molecule has 0 bridgehead atoms. The van der Waals surface area contributed by atoms with Crippen molar-refractivity contribution in [2.24, 2.45) is 0 Å². The lowest BCUT2D eigenvalue weighted by Gasteiger charge is -2.25. The molecule has 3 heterocycles. The van der Waals surface area contributed by atoms with Gasteiger partial charge >= 0.3 is 0 Å². The van der Waals surface area contributed by atoms with Gasteiger partial charge in [0.25, 0.3) is 0 Å². The number of rotatable bonds is 7. The molecule has 0 unspecified atom stereocenters. The minimum Gasteiger partial charge on any atom is -0.309 e. The molecular weight excluding hydrogens is 715 g/mol. The Balaban J connectivity index is 1.17. The van der Waals surface area contributed by atoms with E-state index in [0.29, 0.717) is 17.6 Å². The van der Waals surface area contributed by atoms with Crippen LogP contribution in [0.5, 0.6) is 0 Å². The van der Waals surface area contributed by atoms with Crippen LogP contribution >= 0.6 is 11.3 Å². The molecule has 11 aromatic rings. The maximum absolute atomic E-state index is 5.39. The summed E-state index contributed by atoms with van der Waals surface area (Å²) in [7, 11) is 0. The van der Waals surface area contributed by atoms with Crippen LogP contribution in [0.3, 0.4) is 0 Å². The van der Waals surface area contributed by atoms with Gasteiger partial charge in [0, 0.05) is 53.4 Å². The standard InChI is InChI=1S/C51H33N5S/c1-4-16-34(17-5-1)35-18-14-19-36(32-35)49-52-50(37-30-31-44-42(33-37)40-24-10-12-26-43(40)55(44)38-20-6-2-7-21-38)54-51(53-49)56(39-22-8-3-9-23-39)45-27-15-29-47-48(45)41-25-11-13-28-46(41)57-47/h1-33H. The van der Waals surface area contributed by atoms with Gasteiger partial charge in [0.05, 0.1) is 16.7 Å². The molecule has 0 fully saturated rings. The molecule has 0 radical (unpaired) electrons. The third-order valence-electron chi connectivity index (χ3n) is 10.6. The largest absolute Gasteiger partial charge is 0.309 e. The lowest BCUT2D eigenvalue weighted by molar-refractivity contribution is 1.03. The van der Waals surface area contributed by atoms with Crippen LogP contribution in [-0.2, 0) is 0 Å². The first kappa shape index (κ1) is 33.0. The Hall–Kier alpha value is -7.41. The Morgan fingerprint density at radius 3 is 1.81 bits per heavy atom. The van der Waals surface area contributed by atoms with Crippen LogP contribution in [-0.4, -0.2) is 19.5 Å². The summed E-state index contributed by atoms with van der Waals surface area (Å²) in [5.74, 6) is 1.74. The maximum atomic E-state index is 5.39. The summed E-state index contributed by atoms with van der Waals surface area (Å²) >= 11 is 1.80. The summed E-state index contributed by atoms with van der Waals surface area (Å²) in [5, 5.41) is 4.69. The first-order valence-corrected chi connectivity index (χ1v) is 19.8. The molecule has 0 atom stereocenters. The topological polar surface area (TPSA) is 46.8 Å². The van der Waals surface area contributed by atoms with Crippen LogP contribution in [0, 0.1) is 0 Å². The van der Waals surface area contributed by atoms with Crippen molar-refractivity contribution in [1.82, 2.24) is 19.5 Å². The van der Waals surface area contributed by atoms with Gasteiger partial charge in [-0.25, -0.2) is 4.98 Å². The number of para-hydroxylation sites is 3. The van der Waals surface area contributed by atoms with Crippen molar-refractivity contribution in [3.63, 3.8) is 0 Å². The molecule has 0 N–H and O–H groups in total. The smallest absolute Gasteiger partial charge is 0.238 e. The van der Waals surface area contributed by atoms with Crippen molar-refractivity contribution in [1.29, 1.82) is 0 Å². The fourth-order valence-electron chi connectivity index (χ4n) is 8.04. The summed E-state index contributed by atoms with van der Waals surface area (Å²) in [5.41, 5.74) is 9.42. The second-order valence-corrected chi connectivity index (χ2v) is 15.2. The lowest BCUT2D eigenvalue weighted by Crippen LogP contribution is -2.15. The van der Waals surface area contributed by atoms with Crippen molar-refractivity contribution >= 4 is 70.6 Å². The van der Waals surface area contributed by atoms with Gasteiger partial charge < -0.3 is 4.57 Å². The number of hydrogen-bond donors (Lipinski definition) is 0. The highest BCUT2D eigenvalue weighted by Crippen LogP contribution is 2.44. The summed E-state index contributed by atoms with van der Waals surface area (Å²) in [6, 6.07) is 70.2. The molecule has 11 rings (SSSR count). The van der Waals surface area contributed by atoms with E-state index < -0.39 is 0 Å². The Labute approximate surface area is 333 Å². The number of nitrogens with zero attached hydrogens (tertiary/aromatic N) is 5. The number of fused-ring (bicyclic) bond motifs is 6. The molecule has 0 spiro atoms. The number of benzene rings is 8. The predicted molar refractivity (Wildman–Crippen MR) is 238 cm³/mol. The van der Waals surface area contributed by atoms with Crippen molar-refractivity contribution in [2.45, 2.75) is 0 Å². The molecule has 268 valence electrons. The Morgan fingerprint density at radius 2 is 1.00 bits per heavy atom. The van der Waals surface area contributed by atoms with E-state index in [1.807, 2.05) is 12.1 Å². The lowest BCUT2D eigenvalue weighted by atomic mass is 10.0. The van der Waals surface area contributed by atoms with Gasteiger partial charge in [-0.3, -0.25) is 4.90 Å². The average molecular weight is 748 g/mol. The van der Waals surface area contributed by atoms with Crippen molar-refractivity contribution in [2.75, 3.05) is 4.90 Å². The van der Waals surface area contributed by atoms with E-state index in [2.05, 4.69) is 198 Å². The highest BCUT2D eigenvalue weighted by atomic mass is 32.1. The first-order valence-electron chi connectivity index (χ1n) is 19.0. The highest BCUT2D eigenvalue weighted by molar-refractivity contribution is 7.26. The zero-order valence-electron chi connectivity index (χ0n) is 30.7. The molecule has 57 heavy (non-hydrogen) atoms. The van der Waals surface area contributed by atoms with Gasteiger partial charge in [0.1, 0.15) is 0 Å². The number of hydrogen-bond acceptors (Lipinski definition) is 5. The second-order valence-electron chi connectivity index (χ2n) is 14.1. The first-order chi connectivity index (χ1) is 28.3. The van der Waals surface area contributed by atoms with Crippen LogP contribution in [0.4, 0.5) is 17.3 Å². The SMILES string of the molecule is c1ccc(-c2cccc(-c3nc(-c4ccc5c(c4)c4ccccc4n5-c4ccccc4)nc(N(c4ccccc4)c4cccc5sc6ccccc6c45)n3)c2)cc1. The summed E-state index contributed by atoms with van der Waals surface area (Å²) in [6.07, 6.45) is 0. The van der Waals surface area contributed by atoms with E-state index >= 15 is 0 Å². The molecule has 0 aliphatic heterocycles. The molecule has 0 amide bonds. The van der Waals surface area contributed by atoms with E-state index in [1.165, 1.54) is 25.6 Å². The van der Waals surface area contributed by atoms with Gasteiger partial charge in [-0.2, -0.15) is 9.97 Å². The van der Waals surface area contributed by atoms with Gasteiger partial charge in [-0.05, 0) is 83.9 Å². The average Bonchev–Trinajstić information content (AvgIpc) is 3.83. The van der Waals surface area contributed by atoms with Gasteiger partial charge in [-0.1, -0.05) is 127 Å². The van der Waals surface area contributed by atoms with E-state index in [0.717, 1.165) is 55.7 Å². The van der Waals surface area contributed by atoms with Crippen molar-refractivity contribution < 1.29 is 0 Å². The quantitative estimate of drug-likeness (QED) is 0.163. The van der Waals surface area contributed by atoms with E-state index in [1.54, 1.807) is 11.3 Å². The number of anilines is 3. The molecule has 5 nitrogen and oxygen atoms in total. The predicted octanol–water partition coefficient (Wildman–Crippen LogP) is 13.8. The van der Waals surface area contributed by atoms with Crippen molar-refractivity contribution in [3.8, 4) is 39.6 Å². The Bertz CT molecular complexity index is 3240. The fraction of sp³-hybridized carbons (Fsp3) is 0. The van der Waals surface area contributed by atoms with Crippen LogP contribution < -0.4 is 4.90 Å². The highest BCUT2D eigenvalue weighted by Gasteiger charge is 2.23. The molecule has 0 aliphatic carbocycles. The zero-order valence-corrected chi connectivity index (χ0v) is 31.5. The monoisotopic (exact) mass is 747 g/mol. The molecule has 3 aromatic heterocycles. The van der Waals surface area contributed by atoms with E-state index in [-0.39, 0.29) is 0 Å². The van der Waals surface area contributed by atoms with Gasteiger partial charge in [0.2, 0.25) is 5.95 Å². The molecular formula is C51H33N5S. The molecule has 0 saturated heterocycles. The zero-order chi connectivity index (χ0) is 37.7. The fourth-order valence-corrected chi connectivity index (χ4v) is 9.17. The number of thiophene rings is 1. The van der Waals surface area contributed by atoms with Gasteiger partial charge in [-0.15, -0.1) is 11.3 Å². The Morgan fingerprint density at radius 1 is 0.404 bits per heavy atom. The van der Waals surface area contributed by atoms with Crippen LogP contribution in [0.1, 0.15) is 0 Å². The molecule has 8 aromatic carbocycles. The van der Waals surface area contributed by atoms with E-state index in [4.69, 9.17) is 15.0 Å². The van der Waals surface area contributed by atoms with Crippen LogP contribution in [0.25, 0.3) is 81.6 Å². The van der Waals surface area contributed by atoms with E-state index in [9.17, 15) is 0 Å². The third kappa shape index (κ3) is 5.74. The number of aromatic nitrogens is 4. The van der Waals surface area contributed by atoms with Crippen LogP contribution in [0.15, 0.2) is 200 Å². The minimum absolute atomic E-state index is 0.543. The van der Waals surface area contributed by atoms with Crippen molar-refractivity contribution in [3.05, 3.63) is 200 Å². The molecule has 6 heteroatoms. The Kier molecular flexibility index (Phi) is 7.93. The summed E-state index contributed by atoms with van der Waals surface area (Å²) in [4.78, 5) is 18.2. The molecule has 0 aliphatic rings. The normalized spacial score (nSPS) is 11.5. The van der Waals surface area contributed by atoms with Crippen LogP contribution in [0.2, 0.25) is 0 Å². The van der Waals surface area contributed by atoms with Gasteiger partial charge in [0.15, 0.2) is 11.6 Å².